The van der Waals surface area contributed by atoms with Crippen molar-refractivity contribution in [2.24, 2.45) is 0 Å². The average Bonchev–Trinajstić information content (AvgIpc) is 2.75. The summed E-state index contributed by atoms with van der Waals surface area (Å²) in [6, 6.07) is 4.93. The monoisotopic (exact) mass is 247 g/mol. The number of benzene rings is 1. The second-order valence-electron chi connectivity index (χ2n) is 4.53. The number of hydrogen-bond donors (Lipinski definition) is 0. The fourth-order valence-electron chi connectivity index (χ4n) is 2.38. The molecule has 0 saturated heterocycles. The third kappa shape index (κ3) is 2.08. The van der Waals surface area contributed by atoms with Crippen molar-refractivity contribution in [2.75, 3.05) is 11.4 Å². The van der Waals surface area contributed by atoms with Gasteiger partial charge in [-0.1, -0.05) is 5.16 Å². The van der Waals surface area contributed by atoms with Crippen molar-refractivity contribution in [3.05, 3.63) is 41.3 Å². The summed E-state index contributed by atoms with van der Waals surface area (Å²) < 4.78 is 18.3. The normalized spacial score (nSPS) is 14.7. The summed E-state index contributed by atoms with van der Waals surface area (Å²) in [5.41, 5.74) is 2.12. The van der Waals surface area contributed by atoms with E-state index in [2.05, 4.69) is 15.0 Å². The zero-order valence-corrected chi connectivity index (χ0v) is 10.2. The summed E-state index contributed by atoms with van der Waals surface area (Å²) in [6.07, 6.45) is 1.94. The maximum absolute atomic E-state index is 13.2. The van der Waals surface area contributed by atoms with Crippen molar-refractivity contribution >= 4 is 5.69 Å². The van der Waals surface area contributed by atoms with Crippen LogP contribution in [0.5, 0.6) is 0 Å². The van der Waals surface area contributed by atoms with Crippen molar-refractivity contribution in [1.29, 1.82) is 0 Å². The van der Waals surface area contributed by atoms with Gasteiger partial charge in [0.1, 0.15) is 5.82 Å². The molecule has 0 radical (unpaired) electrons. The fourth-order valence-corrected chi connectivity index (χ4v) is 2.38. The van der Waals surface area contributed by atoms with E-state index < -0.39 is 0 Å². The molecule has 94 valence electrons. The maximum atomic E-state index is 13.2. The molecule has 0 spiro atoms. The highest BCUT2D eigenvalue weighted by atomic mass is 19.1. The maximum Gasteiger partial charge on any atom is 0.246 e. The Labute approximate surface area is 104 Å². The van der Waals surface area contributed by atoms with Crippen LogP contribution in [0.3, 0.4) is 0 Å². The first-order valence-corrected chi connectivity index (χ1v) is 6.05. The third-order valence-electron chi connectivity index (χ3n) is 3.15. The van der Waals surface area contributed by atoms with Crippen LogP contribution < -0.4 is 4.90 Å². The van der Waals surface area contributed by atoms with Gasteiger partial charge in [0.05, 0.1) is 6.54 Å². The Balaban J connectivity index is 1.87. The third-order valence-corrected chi connectivity index (χ3v) is 3.15. The van der Waals surface area contributed by atoms with Crippen molar-refractivity contribution in [2.45, 2.75) is 26.3 Å². The van der Waals surface area contributed by atoms with E-state index in [0.717, 1.165) is 30.6 Å². The smallest absolute Gasteiger partial charge is 0.246 e. The highest BCUT2D eigenvalue weighted by Crippen LogP contribution is 2.28. The molecule has 0 saturated carbocycles. The van der Waals surface area contributed by atoms with Crippen LogP contribution >= 0.6 is 0 Å². The number of fused-ring (bicyclic) bond motifs is 1. The van der Waals surface area contributed by atoms with Crippen molar-refractivity contribution in [1.82, 2.24) is 10.1 Å². The lowest BCUT2D eigenvalue weighted by Crippen LogP contribution is -2.29. The largest absolute Gasteiger partial charge is 0.362 e. The van der Waals surface area contributed by atoms with E-state index in [4.69, 9.17) is 4.52 Å². The van der Waals surface area contributed by atoms with Crippen LogP contribution in [0.1, 0.15) is 23.7 Å². The van der Waals surface area contributed by atoms with E-state index in [1.165, 1.54) is 6.07 Å². The standard InChI is InChI=1S/C13H14FN3O/c1-9-15-13(18-16-9)8-17-6-2-3-10-7-11(14)4-5-12(10)17/h4-5,7H,2-3,6,8H2,1H3. The molecule has 0 bridgehead atoms. The molecular formula is C13H14FN3O. The second kappa shape index (κ2) is 4.40. The number of rotatable bonds is 2. The molecular weight excluding hydrogens is 233 g/mol. The predicted molar refractivity (Wildman–Crippen MR) is 64.8 cm³/mol. The molecule has 1 aliphatic rings. The highest BCUT2D eigenvalue weighted by Gasteiger charge is 2.19. The molecule has 3 rings (SSSR count). The summed E-state index contributed by atoms with van der Waals surface area (Å²) in [5, 5.41) is 3.78. The number of hydrogen-bond acceptors (Lipinski definition) is 4. The Bertz CT molecular complexity index is 567. The lowest BCUT2D eigenvalue weighted by atomic mass is 10.0. The molecule has 1 aliphatic heterocycles. The average molecular weight is 247 g/mol. The first-order chi connectivity index (χ1) is 8.72. The quantitative estimate of drug-likeness (QED) is 0.817. The summed E-state index contributed by atoms with van der Waals surface area (Å²) in [7, 11) is 0. The summed E-state index contributed by atoms with van der Waals surface area (Å²) in [4.78, 5) is 6.36. The molecule has 0 atom stereocenters. The van der Waals surface area contributed by atoms with E-state index >= 15 is 0 Å². The van der Waals surface area contributed by atoms with Crippen LogP contribution in [0.4, 0.5) is 10.1 Å². The van der Waals surface area contributed by atoms with Gasteiger partial charge in [0.2, 0.25) is 5.89 Å². The zero-order chi connectivity index (χ0) is 12.5. The number of aromatic nitrogens is 2. The summed E-state index contributed by atoms with van der Waals surface area (Å²) in [5.74, 6) is 1.07. The van der Waals surface area contributed by atoms with Gasteiger partial charge in [-0.2, -0.15) is 4.98 Å². The van der Waals surface area contributed by atoms with Gasteiger partial charge < -0.3 is 9.42 Å². The lowest BCUT2D eigenvalue weighted by molar-refractivity contribution is 0.371. The number of nitrogens with zero attached hydrogens (tertiary/aromatic N) is 3. The van der Waals surface area contributed by atoms with Gasteiger partial charge >= 0.3 is 0 Å². The van der Waals surface area contributed by atoms with Gasteiger partial charge in [-0.3, -0.25) is 0 Å². The Morgan fingerprint density at radius 1 is 1.44 bits per heavy atom. The first kappa shape index (κ1) is 11.2. The molecule has 5 heteroatoms. The SMILES string of the molecule is Cc1noc(CN2CCCc3cc(F)ccc32)n1. The molecule has 4 nitrogen and oxygen atoms in total. The fraction of sp³-hybridized carbons (Fsp3) is 0.385. The minimum Gasteiger partial charge on any atom is -0.362 e. The number of anilines is 1. The van der Waals surface area contributed by atoms with Crippen LogP contribution in [0.15, 0.2) is 22.7 Å². The molecule has 2 heterocycles. The Hall–Kier alpha value is -1.91. The molecule has 0 N–H and O–H groups in total. The second-order valence-corrected chi connectivity index (χ2v) is 4.53. The summed E-state index contributed by atoms with van der Waals surface area (Å²) in [6.45, 7) is 3.31. The van der Waals surface area contributed by atoms with E-state index in [1.54, 1.807) is 13.0 Å². The van der Waals surface area contributed by atoms with E-state index in [9.17, 15) is 4.39 Å². The Kier molecular flexibility index (Phi) is 2.74. The van der Waals surface area contributed by atoms with Crippen molar-refractivity contribution < 1.29 is 8.91 Å². The van der Waals surface area contributed by atoms with Crippen LogP contribution in [0.25, 0.3) is 0 Å². The summed E-state index contributed by atoms with van der Waals surface area (Å²) >= 11 is 0. The molecule has 0 unspecified atom stereocenters. The first-order valence-electron chi connectivity index (χ1n) is 6.05. The lowest BCUT2D eigenvalue weighted by Gasteiger charge is -2.30. The highest BCUT2D eigenvalue weighted by molar-refractivity contribution is 5.55. The number of halogens is 1. The van der Waals surface area contributed by atoms with Gasteiger partial charge in [-0.15, -0.1) is 0 Å². The molecule has 0 aliphatic carbocycles. The Morgan fingerprint density at radius 2 is 2.33 bits per heavy atom. The molecule has 0 amide bonds. The van der Waals surface area contributed by atoms with Crippen LogP contribution in [-0.4, -0.2) is 16.7 Å². The molecule has 2 aromatic rings. The van der Waals surface area contributed by atoms with Gasteiger partial charge in [-0.05, 0) is 43.5 Å². The Morgan fingerprint density at radius 3 is 3.11 bits per heavy atom. The van der Waals surface area contributed by atoms with E-state index in [1.807, 2.05) is 6.07 Å². The van der Waals surface area contributed by atoms with Crippen LogP contribution in [-0.2, 0) is 13.0 Å². The molecule has 1 aromatic carbocycles. The van der Waals surface area contributed by atoms with Gasteiger partial charge in [-0.25, -0.2) is 4.39 Å². The van der Waals surface area contributed by atoms with Gasteiger partial charge in [0, 0.05) is 12.2 Å². The van der Waals surface area contributed by atoms with Crippen LogP contribution in [0, 0.1) is 12.7 Å². The van der Waals surface area contributed by atoms with Crippen LogP contribution in [0.2, 0.25) is 0 Å². The van der Waals surface area contributed by atoms with Crippen molar-refractivity contribution in [3.63, 3.8) is 0 Å². The van der Waals surface area contributed by atoms with E-state index in [-0.39, 0.29) is 5.82 Å². The minimum absolute atomic E-state index is 0.177. The van der Waals surface area contributed by atoms with Crippen molar-refractivity contribution in [3.8, 4) is 0 Å². The molecule has 0 fully saturated rings. The molecule has 18 heavy (non-hydrogen) atoms. The minimum atomic E-state index is -0.177. The topological polar surface area (TPSA) is 42.2 Å². The van der Waals surface area contributed by atoms with Gasteiger partial charge in [0.25, 0.3) is 0 Å². The number of aryl methyl sites for hydroxylation is 2. The molecule has 1 aromatic heterocycles. The zero-order valence-electron chi connectivity index (χ0n) is 10.2. The predicted octanol–water partition coefficient (Wildman–Crippen LogP) is 2.47. The van der Waals surface area contributed by atoms with E-state index in [0.29, 0.717) is 18.3 Å². The van der Waals surface area contributed by atoms with Gasteiger partial charge in [0.15, 0.2) is 5.82 Å².